The smallest absolute Gasteiger partial charge is 0.237 e. The SMILES string of the molecule is CCCCC1(N2CCN(c3nsc4ccccc34)CC2)NC(=O)C(C)(C)S1.Cl. The van der Waals surface area contributed by atoms with Crippen molar-refractivity contribution >= 4 is 57.5 Å². The molecular weight excluding hydrogens is 412 g/mol. The lowest BCUT2D eigenvalue weighted by Crippen LogP contribution is -2.60. The third-order valence-electron chi connectivity index (χ3n) is 5.60. The maximum Gasteiger partial charge on any atom is 0.237 e. The first kappa shape index (κ1) is 21.7. The number of nitrogens with zero attached hydrogens (tertiary/aromatic N) is 3. The van der Waals surface area contributed by atoms with Crippen molar-refractivity contribution in [1.82, 2.24) is 14.6 Å². The van der Waals surface area contributed by atoms with Crippen LogP contribution in [0.3, 0.4) is 0 Å². The third-order valence-corrected chi connectivity index (χ3v) is 8.01. The Kier molecular flexibility index (Phi) is 6.49. The maximum absolute atomic E-state index is 12.5. The summed E-state index contributed by atoms with van der Waals surface area (Å²) in [5, 5.41) is 4.61. The largest absolute Gasteiger partial charge is 0.353 e. The number of halogens is 1. The van der Waals surface area contributed by atoms with Crippen molar-refractivity contribution in [2.24, 2.45) is 0 Å². The van der Waals surface area contributed by atoms with E-state index in [1.165, 1.54) is 10.1 Å². The zero-order valence-corrected chi connectivity index (χ0v) is 19.2. The molecule has 2 saturated heterocycles. The molecule has 2 fully saturated rings. The average molecular weight is 441 g/mol. The highest BCUT2D eigenvalue weighted by molar-refractivity contribution is 8.03. The Labute approximate surface area is 181 Å². The highest BCUT2D eigenvalue weighted by Gasteiger charge is 2.53. The molecule has 0 bridgehead atoms. The van der Waals surface area contributed by atoms with Gasteiger partial charge in [0.2, 0.25) is 5.91 Å². The average Bonchev–Trinajstić information content (AvgIpc) is 3.19. The first-order chi connectivity index (χ1) is 13.0. The monoisotopic (exact) mass is 440 g/mol. The van der Waals surface area contributed by atoms with Crippen LogP contribution < -0.4 is 10.2 Å². The Bertz CT molecular complexity index is 834. The number of hydrogen-bond acceptors (Lipinski definition) is 6. The van der Waals surface area contributed by atoms with Gasteiger partial charge in [0.05, 0.1) is 9.45 Å². The summed E-state index contributed by atoms with van der Waals surface area (Å²) in [6, 6.07) is 8.46. The van der Waals surface area contributed by atoms with Crippen molar-refractivity contribution in [2.45, 2.75) is 49.8 Å². The predicted octanol–water partition coefficient (Wildman–Crippen LogP) is 4.33. The van der Waals surface area contributed by atoms with E-state index >= 15 is 0 Å². The van der Waals surface area contributed by atoms with E-state index in [1.807, 2.05) is 13.8 Å². The van der Waals surface area contributed by atoms with Crippen molar-refractivity contribution in [3.05, 3.63) is 24.3 Å². The summed E-state index contributed by atoms with van der Waals surface area (Å²) in [5.74, 6) is 1.28. The van der Waals surface area contributed by atoms with Gasteiger partial charge in [0.15, 0.2) is 0 Å². The molecule has 1 aromatic carbocycles. The van der Waals surface area contributed by atoms with Gasteiger partial charge in [-0.05, 0) is 50.4 Å². The van der Waals surface area contributed by atoms with Gasteiger partial charge in [0.1, 0.15) is 10.8 Å². The Hall–Kier alpha value is -1.02. The van der Waals surface area contributed by atoms with Gasteiger partial charge in [0, 0.05) is 31.6 Å². The molecule has 2 aliphatic rings. The lowest BCUT2D eigenvalue weighted by Gasteiger charge is -2.45. The summed E-state index contributed by atoms with van der Waals surface area (Å²) in [4.78, 5) is 17.2. The van der Waals surface area contributed by atoms with Crippen molar-refractivity contribution < 1.29 is 4.79 Å². The highest BCUT2D eigenvalue weighted by Crippen LogP contribution is 2.46. The van der Waals surface area contributed by atoms with Crippen molar-refractivity contribution in [3.63, 3.8) is 0 Å². The fraction of sp³-hybridized carbons (Fsp3) is 0.600. The van der Waals surface area contributed by atoms with Gasteiger partial charge >= 0.3 is 0 Å². The number of hydrogen-bond donors (Lipinski definition) is 1. The van der Waals surface area contributed by atoms with Gasteiger partial charge in [-0.25, -0.2) is 0 Å². The number of anilines is 1. The van der Waals surface area contributed by atoms with Crippen LogP contribution in [0.25, 0.3) is 10.1 Å². The van der Waals surface area contributed by atoms with E-state index < -0.39 is 0 Å². The molecule has 1 atom stereocenters. The number of thioether (sulfide) groups is 1. The van der Waals surface area contributed by atoms with Gasteiger partial charge in [0.25, 0.3) is 0 Å². The number of carbonyl (C=O) groups is 1. The summed E-state index contributed by atoms with van der Waals surface area (Å²) in [7, 11) is 0. The Morgan fingerprint density at radius 3 is 2.54 bits per heavy atom. The second-order valence-electron chi connectivity index (χ2n) is 7.93. The van der Waals surface area contributed by atoms with Crippen LogP contribution in [-0.4, -0.2) is 51.1 Å². The molecule has 28 heavy (non-hydrogen) atoms. The molecule has 0 saturated carbocycles. The number of fused-ring (bicyclic) bond motifs is 1. The fourth-order valence-electron chi connectivity index (χ4n) is 4.03. The molecule has 5 nitrogen and oxygen atoms in total. The number of nitrogens with one attached hydrogen (secondary N) is 1. The van der Waals surface area contributed by atoms with Crippen LogP contribution in [0.15, 0.2) is 24.3 Å². The maximum atomic E-state index is 12.5. The molecule has 2 aromatic rings. The van der Waals surface area contributed by atoms with Gasteiger partial charge in [-0.3, -0.25) is 9.69 Å². The van der Waals surface area contributed by atoms with E-state index in [2.05, 4.69) is 46.3 Å². The number of rotatable bonds is 5. The van der Waals surface area contributed by atoms with Gasteiger partial charge in [-0.2, -0.15) is 4.37 Å². The van der Waals surface area contributed by atoms with Crippen LogP contribution >= 0.6 is 35.7 Å². The molecule has 4 rings (SSSR count). The standard InChI is InChI=1S/C20H28N4OS2.ClH/c1-4-5-10-20(21-18(25)19(2,3)27-20)24-13-11-23(12-14-24)17-15-8-6-7-9-16(15)26-22-17;/h6-9H,4-5,10-14H2,1-3H3,(H,21,25);1H. The number of amides is 1. The Balaban J connectivity index is 0.00000225. The molecule has 1 aromatic heterocycles. The molecular formula is C20H29ClN4OS2. The Morgan fingerprint density at radius 2 is 1.89 bits per heavy atom. The first-order valence-corrected chi connectivity index (χ1v) is 11.4. The van der Waals surface area contributed by atoms with E-state index in [1.54, 1.807) is 23.3 Å². The summed E-state index contributed by atoms with van der Waals surface area (Å²) in [5.41, 5.74) is 0. The molecule has 0 radical (unpaired) electrons. The highest BCUT2D eigenvalue weighted by atomic mass is 35.5. The van der Waals surface area contributed by atoms with Crippen LogP contribution in [0.5, 0.6) is 0 Å². The van der Waals surface area contributed by atoms with Crippen LogP contribution in [-0.2, 0) is 4.79 Å². The molecule has 1 amide bonds. The van der Waals surface area contributed by atoms with E-state index in [9.17, 15) is 4.79 Å². The minimum Gasteiger partial charge on any atom is -0.353 e. The van der Waals surface area contributed by atoms with E-state index in [0.717, 1.165) is 51.3 Å². The zero-order valence-electron chi connectivity index (χ0n) is 16.7. The Morgan fingerprint density at radius 1 is 1.18 bits per heavy atom. The second-order valence-corrected chi connectivity index (χ2v) is 10.6. The lowest BCUT2D eigenvalue weighted by atomic mass is 10.1. The molecule has 1 unspecified atom stereocenters. The fourth-order valence-corrected chi connectivity index (χ4v) is 6.52. The minimum atomic E-state index is -0.365. The summed E-state index contributed by atoms with van der Waals surface area (Å²) in [6.45, 7) is 10.1. The number of benzene rings is 1. The van der Waals surface area contributed by atoms with Crippen LogP contribution in [0.4, 0.5) is 5.82 Å². The van der Waals surface area contributed by atoms with Crippen LogP contribution in [0.1, 0.15) is 40.0 Å². The predicted molar refractivity (Wildman–Crippen MR) is 123 cm³/mol. The molecule has 0 aliphatic carbocycles. The summed E-state index contributed by atoms with van der Waals surface area (Å²) >= 11 is 3.38. The number of carbonyl (C=O) groups excluding carboxylic acids is 1. The topological polar surface area (TPSA) is 48.5 Å². The van der Waals surface area contributed by atoms with E-state index in [4.69, 9.17) is 4.37 Å². The number of unbranched alkanes of at least 4 members (excludes halogenated alkanes) is 1. The molecule has 8 heteroatoms. The van der Waals surface area contributed by atoms with E-state index in [-0.39, 0.29) is 28.1 Å². The van der Waals surface area contributed by atoms with Gasteiger partial charge < -0.3 is 10.2 Å². The normalized spacial score (nSPS) is 25.0. The summed E-state index contributed by atoms with van der Waals surface area (Å²) in [6.07, 6.45) is 3.27. The van der Waals surface area contributed by atoms with Crippen molar-refractivity contribution in [1.29, 1.82) is 0 Å². The minimum absolute atomic E-state index is 0. The molecule has 2 aliphatic heterocycles. The summed E-state index contributed by atoms with van der Waals surface area (Å²) < 4.78 is 5.60. The van der Waals surface area contributed by atoms with Crippen molar-refractivity contribution in [3.8, 4) is 0 Å². The first-order valence-electron chi connectivity index (χ1n) is 9.82. The molecule has 1 N–H and O–H groups in total. The molecule has 154 valence electrons. The lowest BCUT2D eigenvalue weighted by molar-refractivity contribution is -0.124. The van der Waals surface area contributed by atoms with Gasteiger partial charge in [-0.1, -0.05) is 25.5 Å². The molecule has 0 spiro atoms. The molecule has 3 heterocycles. The van der Waals surface area contributed by atoms with Crippen LogP contribution in [0, 0.1) is 0 Å². The zero-order chi connectivity index (χ0) is 19.1. The van der Waals surface area contributed by atoms with Crippen molar-refractivity contribution in [2.75, 3.05) is 31.1 Å². The third kappa shape index (κ3) is 3.86. The van der Waals surface area contributed by atoms with E-state index in [0.29, 0.717) is 0 Å². The second kappa shape index (κ2) is 8.38. The number of aromatic nitrogens is 1. The van der Waals surface area contributed by atoms with Gasteiger partial charge in [-0.15, -0.1) is 24.2 Å². The van der Waals surface area contributed by atoms with Crippen LogP contribution in [0.2, 0.25) is 0 Å². The number of piperazine rings is 1. The quantitative estimate of drug-likeness (QED) is 0.749.